The molecule has 0 saturated carbocycles. The predicted molar refractivity (Wildman–Crippen MR) is 110 cm³/mol. The molecule has 7 heteroatoms. The van der Waals surface area contributed by atoms with E-state index in [-0.39, 0.29) is 18.0 Å². The second-order valence-electron chi connectivity index (χ2n) is 6.29. The number of alkyl halides is 1. The van der Waals surface area contributed by atoms with Gasteiger partial charge in [0, 0.05) is 23.5 Å². The van der Waals surface area contributed by atoms with E-state index < -0.39 is 10.8 Å². The molecule has 3 aromatic rings. The Bertz CT molecular complexity index is 1030. The molecular weight excluding hydrogens is 424 g/mol. The van der Waals surface area contributed by atoms with E-state index in [0.29, 0.717) is 23.4 Å². The molecule has 0 aliphatic carbocycles. The van der Waals surface area contributed by atoms with Gasteiger partial charge in [-0.15, -0.1) is 0 Å². The lowest BCUT2D eigenvalue weighted by Crippen LogP contribution is -2.21. The van der Waals surface area contributed by atoms with Crippen LogP contribution in [0.4, 0.5) is 0 Å². The van der Waals surface area contributed by atoms with Crippen molar-refractivity contribution in [1.29, 1.82) is 0 Å². The van der Waals surface area contributed by atoms with E-state index in [1.54, 1.807) is 38.3 Å². The Balaban J connectivity index is 1.90. The van der Waals surface area contributed by atoms with Crippen molar-refractivity contribution < 1.29 is 19.1 Å². The van der Waals surface area contributed by atoms with Gasteiger partial charge in [0.1, 0.15) is 0 Å². The number of pyridine rings is 1. The topological polar surface area (TPSA) is 69.9 Å². The second-order valence-corrected chi connectivity index (χ2v) is 7.39. The van der Waals surface area contributed by atoms with Gasteiger partial charge in [0.15, 0.2) is 17.2 Å². The number of aryl methyl sites for hydroxylation is 1. The van der Waals surface area contributed by atoms with E-state index in [1.807, 2.05) is 29.8 Å². The Labute approximate surface area is 171 Å². The summed E-state index contributed by atoms with van der Waals surface area (Å²) < 4.78 is 12.5. The maximum atomic E-state index is 13.0. The summed E-state index contributed by atoms with van der Waals surface area (Å²) in [6.07, 6.45) is 4.19. The summed E-state index contributed by atoms with van der Waals surface area (Å²) in [5.41, 5.74) is 3.04. The summed E-state index contributed by atoms with van der Waals surface area (Å²) in [6, 6.07) is 8.59. The molecule has 0 radical (unpaired) electrons. The number of Topliss-reactive ketones (excluding diaryl/α,β-unsaturated/α-hetero) is 1. The van der Waals surface area contributed by atoms with Crippen LogP contribution in [0.2, 0.25) is 0 Å². The number of ether oxygens (including phenoxy) is 2. The van der Waals surface area contributed by atoms with Crippen molar-refractivity contribution in [2.75, 3.05) is 13.7 Å². The Morgan fingerprint density at radius 3 is 2.61 bits per heavy atom. The fourth-order valence-corrected chi connectivity index (χ4v) is 3.71. The number of nitrogens with zero attached hydrogens (tertiary/aromatic N) is 2. The van der Waals surface area contributed by atoms with E-state index in [9.17, 15) is 9.59 Å². The molecule has 0 N–H and O–H groups in total. The molecular formula is C21H21BrN2O4. The van der Waals surface area contributed by atoms with Crippen LogP contribution in [-0.4, -0.2) is 39.7 Å². The molecule has 3 rings (SSSR count). The van der Waals surface area contributed by atoms with Crippen LogP contribution >= 0.6 is 15.9 Å². The van der Waals surface area contributed by atoms with E-state index in [0.717, 1.165) is 11.3 Å². The molecule has 6 nitrogen and oxygen atoms in total. The van der Waals surface area contributed by atoms with Gasteiger partial charge in [-0.1, -0.05) is 34.1 Å². The third-order valence-electron chi connectivity index (χ3n) is 4.36. The highest BCUT2D eigenvalue weighted by Crippen LogP contribution is 2.28. The lowest BCUT2D eigenvalue weighted by atomic mass is 9.98. The van der Waals surface area contributed by atoms with Gasteiger partial charge >= 0.3 is 5.97 Å². The maximum absolute atomic E-state index is 13.0. The molecule has 146 valence electrons. The molecule has 0 amide bonds. The Hall–Kier alpha value is -2.67. The van der Waals surface area contributed by atoms with Crippen LogP contribution in [0, 0.1) is 6.92 Å². The number of hydrogen-bond acceptors (Lipinski definition) is 5. The summed E-state index contributed by atoms with van der Waals surface area (Å²) in [5.74, 6) is -0.0605. The third kappa shape index (κ3) is 3.94. The highest BCUT2D eigenvalue weighted by molar-refractivity contribution is 9.10. The Morgan fingerprint density at radius 2 is 1.93 bits per heavy atom. The number of aromatic nitrogens is 2. The molecule has 2 heterocycles. The molecule has 0 fully saturated rings. The van der Waals surface area contributed by atoms with Crippen molar-refractivity contribution in [1.82, 2.24) is 9.38 Å². The highest BCUT2D eigenvalue weighted by Gasteiger charge is 2.25. The van der Waals surface area contributed by atoms with Crippen molar-refractivity contribution in [3.8, 4) is 5.75 Å². The highest BCUT2D eigenvalue weighted by atomic mass is 79.9. The summed E-state index contributed by atoms with van der Waals surface area (Å²) in [5, 5.41) is 0. The van der Waals surface area contributed by atoms with Crippen molar-refractivity contribution >= 4 is 33.3 Å². The monoisotopic (exact) mass is 444 g/mol. The number of hydrogen-bond donors (Lipinski definition) is 0. The average molecular weight is 445 g/mol. The number of fused-ring (bicyclic) bond motifs is 1. The molecule has 1 unspecified atom stereocenters. The van der Waals surface area contributed by atoms with Crippen LogP contribution in [0.3, 0.4) is 0 Å². The van der Waals surface area contributed by atoms with Crippen LogP contribution < -0.4 is 4.74 Å². The molecule has 0 spiro atoms. The van der Waals surface area contributed by atoms with Crippen LogP contribution in [0.1, 0.15) is 38.9 Å². The van der Waals surface area contributed by atoms with Crippen molar-refractivity contribution in [2.45, 2.75) is 25.1 Å². The zero-order chi connectivity index (χ0) is 20.3. The summed E-state index contributed by atoms with van der Waals surface area (Å²) in [4.78, 5) is 29.2. The average Bonchev–Trinajstić information content (AvgIpc) is 3.07. The van der Waals surface area contributed by atoms with Crippen molar-refractivity contribution in [2.24, 2.45) is 0 Å². The number of carbonyl (C=O) groups is 2. The first-order valence-electron chi connectivity index (χ1n) is 8.91. The van der Waals surface area contributed by atoms with E-state index >= 15 is 0 Å². The minimum Gasteiger partial charge on any atom is -0.493 e. The van der Waals surface area contributed by atoms with Gasteiger partial charge < -0.3 is 13.9 Å². The van der Waals surface area contributed by atoms with Gasteiger partial charge in [0.2, 0.25) is 0 Å². The number of methoxy groups -OCH3 is 1. The number of carbonyl (C=O) groups excluding carboxylic acids is 2. The van der Waals surface area contributed by atoms with Gasteiger partial charge in [-0.05, 0) is 32.4 Å². The fourth-order valence-electron chi connectivity index (χ4n) is 3.11. The Kier molecular flexibility index (Phi) is 6.14. The van der Waals surface area contributed by atoms with Crippen LogP contribution in [0.25, 0.3) is 5.65 Å². The largest absolute Gasteiger partial charge is 0.493 e. The number of ketones is 1. The number of halogens is 1. The number of esters is 1. The molecule has 1 aromatic carbocycles. The van der Waals surface area contributed by atoms with Gasteiger partial charge in [-0.25, -0.2) is 9.78 Å². The van der Waals surface area contributed by atoms with Crippen LogP contribution in [0.15, 0.2) is 42.7 Å². The summed E-state index contributed by atoms with van der Waals surface area (Å²) in [7, 11) is 1.59. The van der Waals surface area contributed by atoms with Gasteiger partial charge in [0.25, 0.3) is 0 Å². The maximum Gasteiger partial charge on any atom is 0.338 e. The first kappa shape index (κ1) is 20.1. The summed E-state index contributed by atoms with van der Waals surface area (Å²) in [6.45, 7) is 3.89. The van der Waals surface area contributed by atoms with Crippen molar-refractivity contribution in [3.63, 3.8) is 0 Å². The molecule has 0 saturated heterocycles. The zero-order valence-electron chi connectivity index (χ0n) is 15.9. The standard InChI is InChI=1S/C21H21BrN2O4/c1-4-28-21(26)16-8-6-5-7-15(16)18(25)17(22)11-14-9-10-24-12-13(2)23-20(24)19(14)27-3/h5-10,12,17H,4,11H2,1-3H3. The fraction of sp³-hybridized carbons (Fsp3) is 0.286. The lowest BCUT2D eigenvalue weighted by molar-refractivity contribution is 0.0523. The molecule has 28 heavy (non-hydrogen) atoms. The smallest absolute Gasteiger partial charge is 0.338 e. The zero-order valence-corrected chi connectivity index (χ0v) is 17.5. The second kappa shape index (κ2) is 8.56. The number of imidazole rings is 1. The van der Waals surface area contributed by atoms with E-state index in [1.165, 1.54) is 0 Å². The van der Waals surface area contributed by atoms with Gasteiger partial charge in [-0.3, -0.25) is 4.79 Å². The summed E-state index contributed by atoms with van der Waals surface area (Å²) >= 11 is 3.49. The van der Waals surface area contributed by atoms with Gasteiger partial charge in [-0.2, -0.15) is 0 Å². The normalized spacial score (nSPS) is 12.0. The third-order valence-corrected chi connectivity index (χ3v) is 5.10. The Morgan fingerprint density at radius 1 is 1.21 bits per heavy atom. The SMILES string of the molecule is CCOC(=O)c1ccccc1C(=O)C(Br)Cc1ccn2cc(C)nc2c1OC. The molecule has 2 aromatic heterocycles. The van der Waals surface area contributed by atoms with E-state index in [4.69, 9.17) is 9.47 Å². The lowest BCUT2D eigenvalue weighted by Gasteiger charge is -2.14. The van der Waals surface area contributed by atoms with Gasteiger partial charge in [0.05, 0.1) is 29.8 Å². The number of rotatable bonds is 7. The predicted octanol–water partition coefficient (Wildman–Crippen LogP) is 4.02. The molecule has 0 aliphatic rings. The minimum absolute atomic E-state index is 0.190. The minimum atomic E-state index is -0.532. The molecule has 1 atom stereocenters. The molecule has 0 aliphatic heterocycles. The van der Waals surface area contributed by atoms with E-state index in [2.05, 4.69) is 20.9 Å². The first-order chi connectivity index (χ1) is 13.5. The quantitative estimate of drug-likeness (QED) is 0.312. The van der Waals surface area contributed by atoms with Crippen LogP contribution in [0.5, 0.6) is 5.75 Å². The van der Waals surface area contributed by atoms with Crippen LogP contribution in [-0.2, 0) is 11.2 Å². The first-order valence-corrected chi connectivity index (χ1v) is 9.83. The number of benzene rings is 1. The molecule has 0 bridgehead atoms. The van der Waals surface area contributed by atoms with Crippen molar-refractivity contribution in [3.05, 3.63) is 65.1 Å².